The predicted molar refractivity (Wildman–Crippen MR) is 109 cm³/mol. The second-order valence-corrected chi connectivity index (χ2v) is 8.95. The fourth-order valence-corrected chi connectivity index (χ4v) is 4.70. The van der Waals surface area contributed by atoms with Crippen molar-refractivity contribution in [3.05, 3.63) is 54.6 Å². The van der Waals surface area contributed by atoms with Crippen molar-refractivity contribution in [3.63, 3.8) is 0 Å². The summed E-state index contributed by atoms with van der Waals surface area (Å²) in [5, 5.41) is 0. The van der Waals surface area contributed by atoms with Crippen LogP contribution in [0.3, 0.4) is 0 Å². The normalized spacial score (nSPS) is 15.3. The van der Waals surface area contributed by atoms with Crippen LogP contribution < -0.4 is 9.04 Å². The Morgan fingerprint density at radius 2 is 1.68 bits per heavy atom. The molecule has 2 aromatic carbocycles. The molecule has 1 heterocycles. The number of rotatable bonds is 6. The Morgan fingerprint density at radius 3 is 2.25 bits per heavy atom. The number of likely N-dealkylation sites (tertiary alicyclic amines) is 1. The number of amides is 1. The molecule has 0 aromatic heterocycles. The van der Waals surface area contributed by atoms with E-state index in [4.69, 9.17) is 4.74 Å². The summed E-state index contributed by atoms with van der Waals surface area (Å²) in [7, 11) is -2.32. The van der Waals surface area contributed by atoms with Crippen LogP contribution in [0.2, 0.25) is 0 Å². The number of nitrogens with zero attached hydrogens (tertiary/aromatic N) is 2. The van der Waals surface area contributed by atoms with Crippen LogP contribution in [0.15, 0.2) is 59.5 Å². The third kappa shape index (κ3) is 4.47. The molecule has 0 N–H and O–H groups in total. The molecule has 2 aromatic rings. The van der Waals surface area contributed by atoms with Crippen molar-refractivity contribution in [1.29, 1.82) is 0 Å². The van der Waals surface area contributed by atoms with Gasteiger partial charge < -0.3 is 9.64 Å². The number of hydrogen-bond acceptors (Lipinski definition) is 4. The summed E-state index contributed by atoms with van der Waals surface area (Å²) in [6, 6.07) is 14.9. The number of sulfonamides is 1. The van der Waals surface area contributed by atoms with Crippen molar-refractivity contribution in [2.45, 2.75) is 24.7 Å². The predicted octanol–water partition coefficient (Wildman–Crippen LogP) is 3.15. The average Bonchev–Trinajstić information content (AvgIpc) is 2.73. The standard InChI is InChI=1S/C21H26N2O4S/c1-17-12-14-22(15-13-17)21(24)16-23(18-8-10-19(27-2)11-9-18)28(25,26)20-6-4-3-5-7-20/h3-11,17H,12-16H2,1-2H3. The van der Waals surface area contributed by atoms with Crippen molar-refractivity contribution in [2.75, 3.05) is 31.0 Å². The zero-order valence-corrected chi connectivity index (χ0v) is 17.1. The van der Waals surface area contributed by atoms with E-state index in [0.29, 0.717) is 30.4 Å². The third-order valence-corrected chi connectivity index (χ3v) is 6.89. The minimum absolute atomic E-state index is 0.158. The molecule has 1 aliphatic rings. The van der Waals surface area contributed by atoms with Gasteiger partial charge in [0.15, 0.2) is 0 Å². The highest BCUT2D eigenvalue weighted by Gasteiger charge is 2.30. The molecule has 0 bridgehead atoms. The molecule has 0 aliphatic carbocycles. The highest BCUT2D eigenvalue weighted by Crippen LogP contribution is 2.26. The van der Waals surface area contributed by atoms with E-state index in [-0.39, 0.29) is 17.3 Å². The summed E-state index contributed by atoms with van der Waals surface area (Å²) < 4.78 is 32.9. The quantitative estimate of drug-likeness (QED) is 0.744. The smallest absolute Gasteiger partial charge is 0.264 e. The van der Waals surface area contributed by atoms with Crippen molar-refractivity contribution in [2.24, 2.45) is 5.92 Å². The van der Waals surface area contributed by atoms with Gasteiger partial charge in [-0.2, -0.15) is 0 Å². The van der Waals surface area contributed by atoms with Gasteiger partial charge in [0.2, 0.25) is 5.91 Å². The molecule has 28 heavy (non-hydrogen) atoms. The lowest BCUT2D eigenvalue weighted by molar-refractivity contribution is -0.130. The van der Waals surface area contributed by atoms with E-state index in [2.05, 4.69) is 6.92 Å². The molecule has 1 saturated heterocycles. The van der Waals surface area contributed by atoms with E-state index in [1.165, 1.54) is 4.31 Å². The number of methoxy groups -OCH3 is 1. The first-order valence-corrected chi connectivity index (χ1v) is 10.9. The largest absolute Gasteiger partial charge is 0.497 e. The van der Waals surface area contributed by atoms with Crippen LogP contribution in [0, 0.1) is 5.92 Å². The van der Waals surface area contributed by atoms with E-state index in [9.17, 15) is 13.2 Å². The van der Waals surface area contributed by atoms with Gasteiger partial charge in [0, 0.05) is 13.1 Å². The molecule has 3 rings (SSSR count). The van der Waals surface area contributed by atoms with Crippen LogP contribution in [0.4, 0.5) is 5.69 Å². The van der Waals surface area contributed by atoms with E-state index in [0.717, 1.165) is 12.8 Å². The molecule has 0 radical (unpaired) electrons. The van der Waals surface area contributed by atoms with Gasteiger partial charge in [-0.15, -0.1) is 0 Å². The molecule has 150 valence electrons. The van der Waals surface area contributed by atoms with Gasteiger partial charge in [-0.1, -0.05) is 25.1 Å². The number of ether oxygens (including phenoxy) is 1. The van der Waals surface area contributed by atoms with Gasteiger partial charge in [0.1, 0.15) is 12.3 Å². The molecule has 0 atom stereocenters. The van der Waals surface area contributed by atoms with Crippen LogP contribution in [0.5, 0.6) is 5.75 Å². The molecule has 6 nitrogen and oxygen atoms in total. The van der Waals surface area contributed by atoms with Crippen LogP contribution in [0.1, 0.15) is 19.8 Å². The molecule has 0 saturated carbocycles. The van der Waals surface area contributed by atoms with E-state index in [1.54, 1.807) is 66.6 Å². The molecule has 1 amide bonds. The summed E-state index contributed by atoms with van der Waals surface area (Å²) in [4.78, 5) is 14.8. The summed E-state index contributed by atoms with van der Waals surface area (Å²) in [6.07, 6.45) is 1.89. The maximum absolute atomic E-state index is 13.3. The summed E-state index contributed by atoms with van der Waals surface area (Å²) >= 11 is 0. The Morgan fingerprint density at radius 1 is 1.07 bits per heavy atom. The third-order valence-electron chi connectivity index (χ3n) is 5.11. The molecule has 0 unspecified atom stereocenters. The van der Waals surface area contributed by atoms with Gasteiger partial charge >= 0.3 is 0 Å². The van der Waals surface area contributed by atoms with Crippen LogP contribution in [-0.4, -0.2) is 46.0 Å². The molecular formula is C21H26N2O4S. The fraction of sp³-hybridized carbons (Fsp3) is 0.381. The Kier molecular flexibility index (Phi) is 6.24. The number of benzene rings is 2. The first-order chi connectivity index (χ1) is 13.4. The van der Waals surface area contributed by atoms with Crippen molar-refractivity contribution in [1.82, 2.24) is 4.90 Å². The van der Waals surface area contributed by atoms with Gasteiger partial charge in [-0.25, -0.2) is 8.42 Å². The second kappa shape index (κ2) is 8.65. The lowest BCUT2D eigenvalue weighted by atomic mass is 9.99. The van der Waals surface area contributed by atoms with Gasteiger partial charge in [0.05, 0.1) is 17.7 Å². The highest BCUT2D eigenvalue weighted by molar-refractivity contribution is 7.92. The Balaban J connectivity index is 1.91. The Labute approximate surface area is 166 Å². The zero-order valence-electron chi connectivity index (χ0n) is 16.2. The van der Waals surface area contributed by atoms with Crippen LogP contribution >= 0.6 is 0 Å². The lowest BCUT2D eigenvalue weighted by Crippen LogP contribution is -2.45. The highest BCUT2D eigenvalue weighted by atomic mass is 32.2. The summed E-state index contributed by atoms with van der Waals surface area (Å²) in [5.74, 6) is 1.04. The molecule has 7 heteroatoms. The molecule has 0 spiro atoms. The number of carbonyl (C=O) groups excluding carboxylic acids is 1. The van der Waals surface area contributed by atoms with Gasteiger partial charge in [0.25, 0.3) is 10.0 Å². The first kappa shape index (κ1) is 20.2. The van der Waals surface area contributed by atoms with Crippen LogP contribution in [-0.2, 0) is 14.8 Å². The van der Waals surface area contributed by atoms with Crippen molar-refractivity contribution < 1.29 is 17.9 Å². The summed E-state index contributed by atoms with van der Waals surface area (Å²) in [6.45, 7) is 3.28. The maximum atomic E-state index is 13.3. The monoisotopic (exact) mass is 402 g/mol. The van der Waals surface area contributed by atoms with E-state index in [1.807, 2.05) is 0 Å². The molecular weight excluding hydrogens is 376 g/mol. The van der Waals surface area contributed by atoms with Crippen molar-refractivity contribution in [3.8, 4) is 5.75 Å². The van der Waals surface area contributed by atoms with Gasteiger partial charge in [-0.05, 0) is 55.2 Å². The topological polar surface area (TPSA) is 66.9 Å². The molecule has 1 fully saturated rings. The number of carbonyl (C=O) groups is 1. The second-order valence-electron chi connectivity index (χ2n) is 7.09. The number of anilines is 1. The van der Waals surface area contributed by atoms with E-state index < -0.39 is 10.0 Å². The first-order valence-electron chi connectivity index (χ1n) is 9.41. The average molecular weight is 403 g/mol. The van der Waals surface area contributed by atoms with Crippen LogP contribution in [0.25, 0.3) is 0 Å². The van der Waals surface area contributed by atoms with Crippen molar-refractivity contribution >= 4 is 21.6 Å². The fourth-order valence-electron chi connectivity index (χ4n) is 3.26. The Bertz CT molecular complexity index is 890. The van der Waals surface area contributed by atoms with E-state index >= 15 is 0 Å². The maximum Gasteiger partial charge on any atom is 0.264 e. The molecule has 1 aliphatic heterocycles. The Hall–Kier alpha value is -2.54. The minimum atomic E-state index is -3.87. The number of hydrogen-bond donors (Lipinski definition) is 0. The lowest BCUT2D eigenvalue weighted by Gasteiger charge is -2.32. The van der Waals surface area contributed by atoms with Gasteiger partial charge in [-0.3, -0.25) is 9.10 Å². The zero-order chi connectivity index (χ0) is 20.1. The SMILES string of the molecule is COc1ccc(N(CC(=O)N2CCC(C)CC2)S(=O)(=O)c2ccccc2)cc1. The summed E-state index contributed by atoms with van der Waals surface area (Å²) in [5.41, 5.74) is 0.434. The number of piperidine rings is 1. The minimum Gasteiger partial charge on any atom is -0.497 e.